The maximum atomic E-state index is 11.1. The molecule has 8 heteroatoms. The zero-order chi connectivity index (χ0) is 13.2. The molecule has 0 spiro atoms. The minimum Gasteiger partial charge on any atom is -0.480 e. The van der Waals surface area contributed by atoms with Gasteiger partial charge in [-0.1, -0.05) is 6.92 Å². The quantitative estimate of drug-likeness (QED) is 0.588. The number of nitrogens with zero attached hydrogens (tertiary/aromatic N) is 3. The lowest BCUT2D eigenvalue weighted by molar-refractivity contribution is -0.384. The van der Waals surface area contributed by atoms with E-state index in [1.807, 2.05) is 0 Å². The van der Waals surface area contributed by atoms with Gasteiger partial charge in [-0.2, -0.15) is 0 Å². The number of carbonyl (C=O) groups is 1. The van der Waals surface area contributed by atoms with E-state index in [0.29, 0.717) is 0 Å². The van der Waals surface area contributed by atoms with Gasteiger partial charge in [0.2, 0.25) is 5.82 Å². The number of aromatic nitrogens is 2. The summed E-state index contributed by atoms with van der Waals surface area (Å²) in [7, 11) is 1.53. The van der Waals surface area contributed by atoms with Gasteiger partial charge in [0.25, 0.3) is 0 Å². The Labute approximate surface area is 97.4 Å². The van der Waals surface area contributed by atoms with Crippen molar-refractivity contribution in [3.63, 3.8) is 0 Å². The van der Waals surface area contributed by atoms with Crippen molar-refractivity contribution >= 4 is 17.5 Å². The molecule has 1 unspecified atom stereocenters. The van der Waals surface area contributed by atoms with Crippen molar-refractivity contribution in [2.75, 3.05) is 5.32 Å². The Kier molecular flexibility index (Phi) is 3.35. The highest BCUT2D eigenvalue weighted by Gasteiger charge is 2.34. The van der Waals surface area contributed by atoms with E-state index in [-0.39, 0.29) is 17.9 Å². The minimum absolute atomic E-state index is 0.0377. The van der Waals surface area contributed by atoms with Gasteiger partial charge in [-0.05, 0) is 13.3 Å². The summed E-state index contributed by atoms with van der Waals surface area (Å²) in [6, 6.07) is 0. The van der Waals surface area contributed by atoms with Crippen LogP contribution in [0.4, 0.5) is 11.5 Å². The first-order chi connectivity index (χ1) is 7.80. The molecule has 2 N–H and O–H groups in total. The Morgan fingerprint density at radius 2 is 2.35 bits per heavy atom. The van der Waals surface area contributed by atoms with Gasteiger partial charge in [-0.15, -0.1) is 5.10 Å². The molecule has 0 saturated heterocycles. The summed E-state index contributed by atoms with van der Waals surface area (Å²) in [5, 5.41) is 26.3. The Bertz CT molecular complexity index is 456. The maximum Gasteiger partial charge on any atom is 0.330 e. The van der Waals surface area contributed by atoms with Crippen LogP contribution in [0.1, 0.15) is 20.3 Å². The molecule has 1 rings (SSSR count). The smallest absolute Gasteiger partial charge is 0.330 e. The lowest BCUT2D eigenvalue weighted by atomic mass is 9.99. The van der Waals surface area contributed by atoms with Crippen LogP contribution in [0.5, 0.6) is 0 Å². The Morgan fingerprint density at radius 1 is 1.76 bits per heavy atom. The predicted molar refractivity (Wildman–Crippen MR) is 59.8 cm³/mol. The van der Waals surface area contributed by atoms with Crippen molar-refractivity contribution in [2.24, 2.45) is 7.05 Å². The van der Waals surface area contributed by atoms with Gasteiger partial charge in [0.05, 0.1) is 4.92 Å². The molecule has 1 aromatic rings. The highest BCUT2D eigenvalue weighted by Crippen LogP contribution is 2.26. The summed E-state index contributed by atoms with van der Waals surface area (Å²) in [6.45, 7) is 3.13. The zero-order valence-corrected chi connectivity index (χ0v) is 9.80. The van der Waals surface area contributed by atoms with Gasteiger partial charge < -0.3 is 10.4 Å². The second kappa shape index (κ2) is 4.40. The summed E-state index contributed by atoms with van der Waals surface area (Å²) in [4.78, 5) is 21.2. The molecule has 0 aliphatic rings. The van der Waals surface area contributed by atoms with Crippen LogP contribution >= 0.6 is 0 Å². The molecule has 0 aliphatic heterocycles. The second-order valence-electron chi connectivity index (χ2n) is 3.91. The largest absolute Gasteiger partial charge is 0.480 e. The number of hydrogen-bond donors (Lipinski definition) is 2. The average molecular weight is 242 g/mol. The van der Waals surface area contributed by atoms with Crippen LogP contribution in [0.2, 0.25) is 0 Å². The number of carboxylic acid groups (broad SMARTS) is 1. The third-order valence-electron chi connectivity index (χ3n) is 2.58. The molecule has 1 heterocycles. The zero-order valence-electron chi connectivity index (χ0n) is 9.80. The molecule has 0 fully saturated rings. The number of aliphatic carboxylic acids is 1. The summed E-state index contributed by atoms with van der Waals surface area (Å²) in [6.07, 6.45) is 1.50. The number of hydrogen-bond acceptors (Lipinski definition) is 5. The molecule has 0 amide bonds. The molecule has 8 nitrogen and oxygen atoms in total. The van der Waals surface area contributed by atoms with Crippen molar-refractivity contribution in [1.29, 1.82) is 0 Å². The molecule has 0 saturated carbocycles. The fourth-order valence-electron chi connectivity index (χ4n) is 1.25. The van der Waals surface area contributed by atoms with Gasteiger partial charge >= 0.3 is 11.7 Å². The number of rotatable bonds is 5. The molecule has 94 valence electrons. The SMILES string of the molecule is CCC(C)(Nc1nn(C)cc1[N+](=O)[O-])C(=O)O. The molecular formula is C9H14N4O4. The highest BCUT2D eigenvalue weighted by molar-refractivity contribution is 5.82. The van der Waals surface area contributed by atoms with Crippen LogP contribution in [0, 0.1) is 10.1 Å². The molecule has 1 atom stereocenters. The lowest BCUT2D eigenvalue weighted by Gasteiger charge is -2.23. The Morgan fingerprint density at radius 3 is 2.76 bits per heavy atom. The van der Waals surface area contributed by atoms with E-state index in [4.69, 9.17) is 5.11 Å². The normalized spacial score (nSPS) is 14.1. The standard InChI is InChI=1S/C9H14N4O4/c1-4-9(2,8(14)15)10-7-6(13(16)17)5-12(3)11-7/h5H,4H2,1-3H3,(H,10,11)(H,14,15). The van der Waals surface area contributed by atoms with Crippen LogP contribution in [-0.2, 0) is 11.8 Å². The Hall–Kier alpha value is -2.12. The molecule has 0 aromatic carbocycles. The highest BCUT2D eigenvalue weighted by atomic mass is 16.6. The van der Waals surface area contributed by atoms with E-state index in [9.17, 15) is 14.9 Å². The van der Waals surface area contributed by atoms with Crippen LogP contribution < -0.4 is 5.32 Å². The van der Waals surface area contributed by atoms with Crippen molar-refractivity contribution in [1.82, 2.24) is 9.78 Å². The summed E-state index contributed by atoms with van der Waals surface area (Å²) in [5.41, 5.74) is -1.52. The number of nitro groups is 1. The predicted octanol–water partition coefficient (Wildman–Crippen LogP) is 0.993. The van der Waals surface area contributed by atoms with Gasteiger partial charge in [0.1, 0.15) is 11.7 Å². The number of anilines is 1. The monoisotopic (exact) mass is 242 g/mol. The topological polar surface area (TPSA) is 110 Å². The molecular weight excluding hydrogens is 228 g/mol. The van der Waals surface area contributed by atoms with Crippen molar-refractivity contribution in [3.05, 3.63) is 16.3 Å². The first-order valence-corrected chi connectivity index (χ1v) is 4.99. The van der Waals surface area contributed by atoms with Crippen molar-refractivity contribution < 1.29 is 14.8 Å². The fourth-order valence-corrected chi connectivity index (χ4v) is 1.25. The molecule has 17 heavy (non-hydrogen) atoms. The number of nitrogens with one attached hydrogen (secondary N) is 1. The second-order valence-corrected chi connectivity index (χ2v) is 3.91. The molecule has 0 radical (unpaired) electrons. The van der Waals surface area contributed by atoms with E-state index in [1.54, 1.807) is 6.92 Å². The summed E-state index contributed by atoms with van der Waals surface area (Å²) < 4.78 is 1.26. The van der Waals surface area contributed by atoms with Crippen LogP contribution in [-0.4, -0.2) is 31.3 Å². The van der Waals surface area contributed by atoms with Gasteiger partial charge in [0.15, 0.2) is 0 Å². The summed E-state index contributed by atoms with van der Waals surface area (Å²) in [5.74, 6) is -1.12. The third kappa shape index (κ3) is 2.52. The minimum atomic E-state index is -1.28. The lowest BCUT2D eigenvalue weighted by Crippen LogP contribution is -2.43. The van der Waals surface area contributed by atoms with E-state index in [1.165, 1.54) is 24.9 Å². The average Bonchev–Trinajstić information content (AvgIpc) is 2.59. The number of carboxylic acids is 1. The van der Waals surface area contributed by atoms with Gasteiger partial charge in [-0.25, -0.2) is 4.79 Å². The fraction of sp³-hybridized carbons (Fsp3) is 0.556. The number of aryl methyl sites for hydroxylation is 1. The van der Waals surface area contributed by atoms with Gasteiger partial charge in [0, 0.05) is 7.05 Å². The molecule has 1 aromatic heterocycles. The van der Waals surface area contributed by atoms with Crippen molar-refractivity contribution in [2.45, 2.75) is 25.8 Å². The van der Waals surface area contributed by atoms with E-state index >= 15 is 0 Å². The van der Waals surface area contributed by atoms with Crippen LogP contribution in [0.25, 0.3) is 0 Å². The third-order valence-corrected chi connectivity index (χ3v) is 2.58. The van der Waals surface area contributed by atoms with E-state index < -0.39 is 16.4 Å². The maximum absolute atomic E-state index is 11.1. The van der Waals surface area contributed by atoms with Crippen molar-refractivity contribution in [3.8, 4) is 0 Å². The molecule has 0 aliphatic carbocycles. The molecule has 0 bridgehead atoms. The summed E-state index contributed by atoms with van der Waals surface area (Å²) >= 11 is 0. The first-order valence-electron chi connectivity index (χ1n) is 4.99. The van der Waals surface area contributed by atoms with E-state index in [0.717, 1.165) is 0 Å². The first kappa shape index (κ1) is 12.9. The van der Waals surface area contributed by atoms with E-state index in [2.05, 4.69) is 10.4 Å². The Balaban J connectivity index is 3.10. The van der Waals surface area contributed by atoms with Crippen LogP contribution in [0.3, 0.4) is 0 Å². The van der Waals surface area contributed by atoms with Gasteiger partial charge in [-0.3, -0.25) is 14.8 Å². The van der Waals surface area contributed by atoms with Crippen LogP contribution in [0.15, 0.2) is 6.20 Å².